The topological polar surface area (TPSA) is 78.6 Å². The number of nitrogens with zero attached hydrogens (tertiary/aromatic N) is 1. The van der Waals surface area contributed by atoms with Crippen LogP contribution in [0.5, 0.6) is 0 Å². The van der Waals surface area contributed by atoms with E-state index in [0.717, 1.165) is 13.0 Å². The number of rotatable bonds is 4. The Hall–Kier alpha value is -1.30. The molecule has 110 valence electrons. The highest BCUT2D eigenvalue weighted by molar-refractivity contribution is 6.33. The highest BCUT2D eigenvalue weighted by atomic mass is 35.5. The molecule has 5 nitrogen and oxygen atoms in total. The Balaban J connectivity index is 1.79. The third-order valence-electron chi connectivity index (χ3n) is 3.47. The summed E-state index contributed by atoms with van der Waals surface area (Å²) < 4.78 is 0. The zero-order valence-electron chi connectivity index (χ0n) is 11.5. The van der Waals surface area contributed by atoms with Crippen molar-refractivity contribution in [2.24, 2.45) is 0 Å². The van der Waals surface area contributed by atoms with Gasteiger partial charge in [0.05, 0.1) is 16.3 Å². The number of likely N-dealkylation sites (tertiary alicyclic amines) is 1. The molecule has 0 radical (unpaired) electrons. The normalized spacial score (nSPS) is 22.9. The summed E-state index contributed by atoms with van der Waals surface area (Å²) in [7, 11) is 0. The Kier molecular flexibility index (Phi) is 4.52. The van der Waals surface area contributed by atoms with Crippen LogP contribution in [-0.2, 0) is 4.79 Å². The molecule has 1 fully saturated rings. The second kappa shape index (κ2) is 5.99. The molecule has 1 aromatic carbocycles. The number of nitrogens with two attached hydrogens (primary N) is 1. The molecule has 1 aliphatic rings. The second-order valence-electron chi connectivity index (χ2n) is 5.56. The van der Waals surface area contributed by atoms with E-state index in [1.807, 2.05) is 6.92 Å². The molecule has 1 atom stereocenters. The van der Waals surface area contributed by atoms with Gasteiger partial charge in [-0.1, -0.05) is 11.6 Å². The first-order chi connectivity index (χ1) is 9.35. The molecule has 0 aromatic heterocycles. The summed E-state index contributed by atoms with van der Waals surface area (Å²) in [5, 5.41) is 13.1. The molecule has 1 aliphatic heterocycles. The lowest BCUT2D eigenvalue weighted by Crippen LogP contribution is -2.31. The molecular formula is C14H20ClN3O2. The van der Waals surface area contributed by atoms with E-state index in [1.54, 1.807) is 18.2 Å². The van der Waals surface area contributed by atoms with E-state index in [9.17, 15) is 9.90 Å². The van der Waals surface area contributed by atoms with Crippen LogP contribution in [0.25, 0.3) is 0 Å². The first kappa shape index (κ1) is 15.1. The fourth-order valence-electron chi connectivity index (χ4n) is 2.33. The summed E-state index contributed by atoms with van der Waals surface area (Å²) in [6, 6.07) is 5.02. The van der Waals surface area contributed by atoms with Gasteiger partial charge in [0.15, 0.2) is 0 Å². The number of hydrogen-bond donors (Lipinski definition) is 3. The predicted molar refractivity (Wildman–Crippen MR) is 80.8 cm³/mol. The molecular weight excluding hydrogens is 278 g/mol. The Morgan fingerprint density at radius 2 is 2.35 bits per heavy atom. The van der Waals surface area contributed by atoms with Gasteiger partial charge in [-0.15, -0.1) is 0 Å². The maximum atomic E-state index is 11.9. The van der Waals surface area contributed by atoms with E-state index in [0.29, 0.717) is 35.9 Å². The fourth-order valence-corrected chi connectivity index (χ4v) is 2.45. The second-order valence-corrected chi connectivity index (χ2v) is 5.96. The summed E-state index contributed by atoms with van der Waals surface area (Å²) in [4.78, 5) is 13.9. The van der Waals surface area contributed by atoms with E-state index in [4.69, 9.17) is 17.3 Å². The number of anilines is 2. The summed E-state index contributed by atoms with van der Waals surface area (Å²) in [5.41, 5.74) is 6.14. The maximum Gasteiger partial charge on any atom is 0.225 e. The number of β-amino-alcohol motifs (C(OH)–C–C–N with tert-alkyl or cyclic N) is 1. The number of benzene rings is 1. The van der Waals surface area contributed by atoms with Crippen molar-refractivity contribution in [3.05, 3.63) is 23.2 Å². The van der Waals surface area contributed by atoms with Gasteiger partial charge in [-0.3, -0.25) is 9.69 Å². The average Bonchev–Trinajstić information content (AvgIpc) is 2.71. The van der Waals surface area contributed by atoms with Gasteiger partial charge in [0.1, 0.15) is 0 Å². The van der Waals surface area contributed by atoms with E-state index in [1.165, 1.54) is 0 Å². The van der Waals surface area contributed by atoms with Crippen molar-refractivity contribution < 1.29 is 9.90 Å². The molecule has 1 saturated heterocycles. The van der Waals surface area contributed by atoms with Crippen LogP contribution >= 0.6 is 11.6 Å². The summed E-state index contributed by atoms with van der Waals surface area (Å²) >= 11 is 5.82. The molecule has 1 aromatic rings. The van der Waals surface area contributed by atoms with Crippen LogP contribution in [0.4, 0.5) is 11.4 Å². The molecule has 2 rings (SSSR count). The van der Waals surface area contributed by atoms with E-state index in [-0.39, 0.29) is 5.91 Å². The van der Waals surface area contributed by atoms with Crippen molar-refractivity contribution in [3.63, 3.8) is 0 Å². The highest BCUT2D eigenvalue weighted by Crippen LogP contribution is 2.23. The van der Waals surface area contributed by atoms with E-state index < -0.39 is 5.60 Å². The van der Waals surface area contributed by atoms with Crippen LogP contribution < -0.4 is 11.1 Å². The largest absolute Gasteiger partial charge is 0.397 e. The third-order valence-corrected chi connectivity index (χ3v) is 3.81. The minimum atomic E-state index is -0.624. The van der Waals surface area contributed by atoms with Crippen LogP contribution in [0.3, 0.4) is 0 Å². The quantitative estimate of drug-likeness (QED) is 0.739. The third kappa shape index (κ3) is 4.10. The predicted octanol–water partition coefficient (Wildman–Crippen LogP) is 1.71. The SMILES string of the molecule is CC1(O)CCN(CCC(=O)Nc2ccc(Cl)c(N)c2)C1. The van der Waals surface area contributed by atoms with Crippen LogP contribution in [0.1, 0.15) is 19.8 Å². The van der Waals surface area contributed by atoms with Gasteiger partial charge in [-0.2, -0.15) is 0 Å². The molecule has 6 heteroatoms. The molecule has 0 saturated carbocycles. The van der Waals surface area contributed by atoms with Crippen LogP contribution in [0, 0.1) is 0 Å². The minimum Gasteiger partial charge on any atom is -0.397 e. The van der Waals surface area contributed by atoms with Gasteiger partial charge >= 0.3 is 0 Å². The van der Waals surface area contributed by atoms with E-state index >= 15 is 0 Å². The van der Waals surface area contributed by atoms with Crippen molar-refractivity contribution in [2.75, 3.05) is 30.7 Å². The van der Waals surface area contributed by atoms with Crippen LogP contribution in [0.15, 0.2) is 18.2 Å². The lowest BCUT2D eigenvalue weighted by atomic mass is 10.1. The number of amides is 1. The van der Waals surface area contributed by atoms with Crippen molar-refractivity contribution in [3.8, 4) is 0 Å². The first-order valence-electron chi connectivity index (χ1n) is 6.65. The lowest BCUT2D eigenvalue weighted by Gasteiger charge is -2.18. The molecule has 0 spiro atoms. The molecule has 0 aliphatic carbocycles. The lowest BCUT2D eigenvalue weighted by molar-refractivity contribution is -0.116. The highest BCUT2D eigenvalue weighted by Gasteiger charge is 2.30. The van der Waals surface area contributed by atoms with Gasteiger partial charge in [0.25, 0.3) is 0 Å². The Morgan fingerprint density at radius 1 is 1.60 bits per heavy atom. The van der Waals surface area contributed by atoms with Crippen molar-refractivity contribution in [2.45, 2.75) is 25.4 Å². The smallest absolute Gasteiger partial charge is 0.225 e. The molecule has 1 heterocycles. The van der Waals surface area contributed by atoms with Crippen molar-refractivity contribution in [1.29, 1.82) is 0 Å². The average molecular weight is 298 g/mol. The number of nitrogens with one attached hydrogen (secondary N) is 1. The van der Waals surface area contributed by atoms with Crippen molar-refractivity contribution >= 4 is 28.9 Å². The Morgan fingerprint density at radius 3 is 2.95 bits per heavy atom. The Labute approximate surface area is 123 Å². The zero-order chi connectivity index (χ0) is 14.8. The number of carbonyl (C=O) groups excluding carboxylic acids is 1. The number of hydrogen-bond acceptors (Lipinski definition) is 4. The molecule has 1 unspecified atom stereocenters. The summed E-state index contributed by atoms with van der Waals surface area (Å²) in [6.45, 7) is 3.91. The van der Waals surface area contributed by atoms with Gasteiger partial charge in [0, 0.05) is 31.7 Å². The first-order valence-corrected chi connectivity index (χ1v) is 7.03. The maximum absolute atomic E-state index is 11.9. The van der Waals surface area contributed by atoms with Crippen LogP contribution in [0.2, 0.25) is 5.02 Å². The fraction of sp³-hybridized carbons (Fsp3) is 0.500. The van der Waals surface area contributed by atoms with Crippen molar-refractivity contribution in [1.82, 2.24) is 4.90 Å². The summed E-state index contributed by atoms with van der Waals surface area (Å²) in [6.07, 6.45) is 1.14. The number of aliphatic hydroxyl groups is 1. The zero-order valence-corrected chi connectivity index (χ0v) is 12.3. The standard InChI is InChI=1S/C14H20ClN3O2/c1-14(20)5-7-18(9-14)6-4-13(19)17-10-2-3-11(15)12(16)8-10/h2-3,8,20H,4-7,9,16H2,1H3,(H,17,19). The number of halogens is 1. The van der Waals surface area contributed by atoms with Gasteiger partial charge < -0.3 is 16.2 Å². The molecule has 0 bridgehead atoms. The number of carbonyl (C=O) groups is 1. The number of nitrogen functional groups attached to an aromatic ring is 1. The van der Waals surface area contributed by atoms with Gasteiger partial charge in [0.2, 0.25) is 5.91 Å². The van der Waals surface area contributed by atoms with Gasteiger partial charge in [-0.25, -0.2) is 0 Å². The Bertz CT molecular complexity index is 505. The minimum absolute atomic E-state index is 0.0711. The molecule has 4 N–H and O–H groups in total. The summed E-state index contributed by atoms with van der Waals surface area (Å²) in [5.74, 6) is -0.0711. The van der Waals surface area contributed by atoms with Gasteiger partial charge in [-0.05, 0) is 31.5 Å². The molecule has 20 heavy (non-hydrogen) atoms. The molecule has 1 amide bonds. The van der Waals surface area contributed by atoms with E-state index in [2.05, 4.69) is 10.2 Å². The monoisotopic (exact) mass is 297 g/mol. The van der Waals surface area contributed by atoms with Crippen LogP contribution in [-0.4, -0.2) is 41.1 Å².